The van der Waals surface area contributed by atoms with Gasteiger partial charge in [-0.1, -0.05) is 24.3 Å². The molecule has 130 valence electrons. The number of carbonyl (C=O) groups is 1. The van der Waals surface area contributed by atoms with Crippen molar-refractivity contribution >= 4 is 11.7 Å². The first-order valence-corrected chi connectivity index (χ1v) is 8.13. The highest BCUT2D eigenvalue weighted by molar-refractivity contribution is 5.91. The summed E-state index contributed by atoms with van der Waals surface area (Å²) in [7, 11) is 0. The van der Waals surface area contributed by atoms with Crippen LogP contribution in [0.25, 0.3) is 11.1 Å². The van der Waals surface area contributed by atoms with Crippen LogP contribution >= 0.6 is 0 Å². The van der Waals surface area contributed by atoms with E-state index in [0.717, 1.165) is 17.3 Å². The molecule has 0 saturated heterocycles. The van der Waals surface area contributed by atoms with Crippen LogP contribution in [0.5, 0.6) is 0 Å². The second-order valence-corrected chi connectivity index (χ2v) is 6.19. The number of amides is 2. The van der Waals surface area contributed by atoms with Crippen LogP contribution < -0.4 is 10.6 Å². The van der Waals surface area contributed by atoms with Gasteiger partial charge in [-0.05, 0) is 36.6 Å². The minimum atomic E-state index is -0.406. The smallest absolute Gasteiger partial charge is 0.319 e. The van der Waals surface area contributed by atoms with Gasteiger partial charge in [0.05, 0.1) is 6.20 Å². The molecule has 3 N–H and O–H groups in total. The molecule has 0 unspecified atom stereocenters. The van der Waals surface area contributed by atoms with Gasteiger partial charge in [0.15, 0.2) is 0 Å². The number of anilines is 1. The maximum Gasteiger partial charge on any atom is 0.319 e. The first-order valence-electron chi connectivity index (χ1n) is 8.13. The van der Waals surface area contributed by atoms with Crippen molar-refractivity contribution < 1.29 is 14.3 Å². The Balaban J connectivity index is 1.71. The van der Waals surface area contributed by atoms with Gasteiger partial charge in [0.25, 0.3) is 0 Å². The van der Waals surface area contributed by atoms with Crippen molar-refractivity contribution in [1.29, 1.82) is 0 Å². The van der Waals surface area contributed by atoms with Gasteiger partial charge < -0.3 is 15.7 Å². The summed E-state index contributed by atoms with van der Waals surface area (Å²) in [6, 6.07) is 6.53. The number of nitrogens with zero attached hydrogens (tertiary/aromatic N) is 1. The molecule has 0 fully saturated rings. The number of aliphatic hydroxyl groups is 1. The third kappa shape index (κ3) is 4.22. The average Bonchev–Trinajstić information content (AvgIpc) is 3.04. The molecule has 0 saturated carbocycles. The van der Waals surface area contributed by atoms with Crippen LogP contribution in [-0.4, -0.2) is 28.8 Å². The molecule has 1 aromatic carbocycles. The number of rotatable bonds is 4. The number of carbonyl (C=O) groups excluding carboxylic acids is 1. The lowest BCUT2D eigenvalue weighted by atomic mass is 10.0. The van der Waals surface area contributed by atoms with Gasteiger partial charge in [0.2, 0.25) is 0 Å². The zero-order valence-corrected chi connectivity index (χ0v) is 13.9. The van der Waals surface area contributed by atoms with Gasteiger partial charge >= 0.3 is 6.03 Å². The first kappa shape index (κ1) is 17.1. The molecular formula is C19H20FN3O2. The molecule has 6 heteroatoms. The summed E-state index contributed by atoms with van der Waals surface area (Å²) in [6.45, 7) is 1.97. The monoisotopic (exact) mass is 341 g/mol. The zero-order valence-electron chi connectivity index (χ0n) is 13.9. The maximum absolute atomic E-state index is 13.4. The lowest BCUT2D eigenvalue weighted by Crippen LogP contribution is -2.36. The van der Waals surface area contributed by atoms with Crippen LogP contribution in [0, 0.1) is 18.7 Å². The van der Waals surface area contributed by atoms with Crippen molar-refractivity contribution in [3.8, 4) is 11.1 Å². The second kappa shape index (κ2) is 7.44. The normalized spacial score (nSPS) is 19.0. The molecule has 1 aromatic heterocycles. The third-order valence-corrected chi connectivity index (χ3v) is 4.25. The van der Waals surface area contributed by atoms with Crippen LogP contribution in [0.1, 0.15) is 12.0 Å². The first-order chi connectivity index (χ1) is 12.0. The Morgan fingerprint density at radius 3 is 2.84 bits per heavy atom. The molecule has 3 rings (SSSR count). The highest BCUT2D eigenvalue weighted by Gasteiger charge is 2.20. The Kier molecular flexibility index (Phi) is 5.09. The van der Waals surface area contributed by atoms with Crippen molar-refractivity contribution in [3.63, 3.8) is 0 Å². The predicted octanol–water partition coefficient (Wildman–Crippen LogP) is 3.25. The number of urea groups is 1. The number of aliphatic hydroxyl groups excluding tert-OH is 1. The zero-order chi connectivity index (χ0) is 17.8. The third-order valence-electron chi connectivity index (χ3n) is 4.25. The van der Waals surface area contributed by atoms with E-state index in [0.29, 0.717) is 17.7 Å². The Morgan fingerprint density at radius 1 is 1.28 bits per heavy atom. The minimum Gasteiger partial charge on any atom is -0.396 e. The van der Waals surface area contributed by atoms with E-state index in [1.807, 2.05) is 31.2 Å². The van der Waals surface area contributed by atoms with Crippen LogP contribution in [0.15, 0.2) is 48.8 Å². The SMILES string of the molecule is Cc1ccc(-c2cncc(F)c2)cc1NC(=O)N[C@@H]1C=C[C@H](CO)C1. The standard InChI is InChI=1S/C19H20FN3O2/c1-12-2-4-14(15-7-16(20)10-21-9-15)8-18(12)23-19(25)22-17-5-3-13(6-17)11-24/h2-5,7-10,13,17,24H,6,11H2,1H3,(H2,22,23,25)/t13-,17+/m0/s1. The van der Waals surface area contributed by atoms with E-state index in [1.54, 1.807) is 12.3 Å². The molecule has 0 bridgehead atoms. The van der Waals surface area contributed by atoms with Gasteiger partial charge in [-0.3, -0.25) is 4.98 Å². The van der Waals surface area contributed by atoms with Crippen LogP contribution in [0.4, 0.5) is 14.9 Å². The van der Waals surface area contributed by atoms with E-state index >= 15 is 0 Å². The van der Waals surface area contributed by atoms with Crippen LogP contribution in [0.3, 0.4) is 0 Å². The molecule has 0 aliphatic heterocycles. The molecule has 2 atom stereocenters. The van der Waals surface area contributed by atoms with E-state index in [4.69, 9.17) is 5.11 Å². The highest BCUT2D eigenvalue weighted by atomic mass is 19.1. The van der Waals surface area contributed by atoms with Gasteiger partial charge in [-0.25, -0.2) is 9.18 Å². The summed E-state index contributed by atoms with van der Waals surface area (Å²) in [5, 5.41) is 14.8. The number of halogens is 1. The number of aromatic nitrogens is 1. The highest BCUT2D eigenvalue weighted by Crippen LogP contribution is 2.25. The largest absolute Gasteiger partial charge is 0.396 e. The number of benzene rings is 1. The van der Waals surface area contributed by atoms with Gasteiger partial charge in [0.1, 0.15) is 5.82 Å². The van der Waals surface area contributed by atoms with Crippen molar-refractivity contribution in [2.75, 3.05) is 11.9 Å². The fraction of sp³-hybridized carbons (Fsp3) is 0.263. The lowest BCUT2D eigenvalue weighted by Gasteiger charge is -2.15. The summed E-state index contributed by atoms with van der Waals surface area (Å²) < 4.78 is 13.4. The fourth-order valence-electron chi connectivity index (χ4n) is 2.85. The van der Waals surface area contributed by atoms with Crippen LogP contribution in [-0.2, 0) is 0 Å². The molecule has 1 heterocycles. The summed E-state index contributed by atoms with van der Waals surface area (Å²) in [4.78, 5) is 16.1. The quantitative estimate of drug-likeness (QED) is 0.747. The van der Waals surface area contributed by atoms with E-state index in [2.05, 4.69) is 15.6 Å². The molecular weight excluding hydrogens is 321 g/mol. The molecule has 0 spiro atoms. The van der Waals surface area contributed by atoms with Gasteiger partial charge in [-0.2, -0.15) is 0 Å². The molecule has 25 heavy (non-hydrogen) atoms. The Morgan fingerprint density at radius 2 is 2.12 bits per heavy atom. The summed E-state index contributed by atoms with van der Waals surface area (Å²) in [5.74, 6) is -0.312. The summed E-state index contributed by atoms with van der Waals surface area (Å²) in [5.41, 5.74) is 2.97. The van der Waals surface area contributed by atoms with Crippen molar-refractivity contribution in [2.45, 2.75) is 19.4 Å². The van der Waals surface area contributed by atoms with Gasteiger partial charge in [-0.15, -0.1) is 0 Å². The topological polar surface area (TPSA) is 74.2 Å². The van der Waals surface area contributed by atoms with Crippen LogP contribution in [0.2, 0.25) is 0 Å². The van der Waals surface area contributed by atoms with E-state index in [1.165, 1.54) is 6.07 Å². The molecule has 2 amide bonds. The summed E-state index contributed by atoms with van der Waals surface area (Å²) >= 11 is 0. The fourth-order valence-corrected chi connectivity index (χ4v) is 2.85. The van der Waals surface area contributed by atoms with Crippen molar-refractivity contribution in [1.82, 2.24) is 10.3 Å². The molecule has 0 radical (unpaired) electrons. The Labute approximate surface area is 145 Å². The van der Waals surface area contributed by atoms with E-state index < -0.39 is 5.82 Å². The number of pyridine rings is 1. The maximum atomic E-state index is 13.4. The number of nitrogens with one attached hydrogen (secondary N) is 2. The second-order valence-electron chi connectivity index (χ2n) is 6.19. The Hall–Kier alpha value is -2.73. The van der Waals surface area contributed by atoms with E-state index in [9.17, 15) is 9.18 Å². The van der Waals surface area contributed by atoms with Crippen molar-refractivity contribution in [2.24, 2.45) is 5.92 Å². The molecule has 2 aromatic rings. The minimum absolute atomic E-state index is 0.0825. The van der Waals surface area contributed by atoms with Crippen molar-refractivity contribution in [3.05, 3.63) is 60.2 Å². The predicted molar refractivity (Wildman–Crippen MR) is 94.6 cm³/mol. The lowest BCUT2D eigenvalue weighted by molar-refractivity contribution is 0.238. The summed E-state index contributed by atoms with van der Waals surface area (Å²) in [6.07, 6.45) is 7.23. The molecule has 1 aliphatic rings. The molecule has 1 aliphatic carbocycles. The number of aryl methyl sites for hydroxylation is 1. The van der Waals surface area contributed by atoms with Gasteiger partial charge in [0, 0.05) is 36.0 Å². The molecule has 5 nitrogen and oxygen atoms in total. The number of hydrogen-bond donors (Lipinski definition) is 3. The average molecular weight is 341 g/mol. The number of hydrogen-bond acceptors (Lipinski definition) is 3. The van der Waals surface area contributed by atoms with E-state index in [-0.39, 0.29) is 24.6 Å². The Bertz CT molecular complexity index is 807.